The fourth-order valence-corrected chi connectivity index (χ4v) is 3.76. The van der Waals surface area contributed by atoms with E-state index in [0.717, 1.165) is 25.7 Å². The van der Waals surface area contributed by atoms with Gasteiger partial charge in [0, 0.05) is 12.3 Å². The second kappa shape index (κ2) is 11.2. The molecule has 1 fully saturated rings. The normalized spacial score (nSPS) is 21.4. The highest BCUT2D eigenvalue weighted by atomic mass is 16.5. The van der Waals surface area contributed by atoms with Gasteiger partial charge in [-0.3, -0.25) is 4.79 Å². The predicted molar refractivity (Wildman–Crippen MR) is 113 cm³/mol. The van der Waals surface area contributed by atoms with Crippen molar-refractivity contribution in [2.45, 2.75) is 71.8 Å². The molecule has 0 bridgehead atoms. The molecule has 0 heterocycles. The summed E-state index contributed by atoms with van der Waals surface area (Å²) in [6.07, 6.45) is 5.19. The molecule has 1 N–H and O–H groups in total. The Balaban J connectivity index is 2.24. The van der Waals surface area contributed by atoms with Crippen LogP contribution in [-0.4, -0.2) is 37.3 Å². The van der Waals surface area contributed by atoms with Gasteiger partial charge >= 0.3 is 5.97 Å². The molecule has 1 aromatic rings. The molecule has 0 unspecified atom stereocenters. The van der Waals surface area contributed by atoms with E-state index in [1.54, 1.807) is 25.1 Å². The number of hydrogen-bond donors (Lipinski definition) is 1. The second-order valence-electron chi connectivity index (χ2n) is 7.78. The van der Waals surface area contributed by atoms with Gasteiger partial charge in [-0.05, 0) is 63.1 Å². The summed E-state index contributed by atoms with van der Waals surface area (Å²) < 4.78 is 16.9. The van der Waals surface area contributed by atoms with E-state index in [0.29, 0.717) is 49.0 Å². The SMILES string of the molecule is CCCOc1ccc(NC(=O)[C@]2(OCCC)CCC[C@H](C)C2)cc1C(=O)OCC. The maximum Gasteiger partial charge on any atom is 0.341 e. The number of rotatable bonds is 10. The van der Waals surface area contributed by atoms with Crippen molar-refractivity contribution in [2.75, 3.05) is 25.1 Å². The first-order valence-electron chi connectivity index (χ1n) is 10.8. The zero-order valence-electron chi connectivity index (χ0n) is 18.2. The zero-order chi connectivity index (χ0) is 21.3. The van der Waals surface area contributed by atoms with Gasteiger partial charge in [0.15, 0.2) is 0 Å². The summed E-state index contributed by atoms with van der Waals surface area (Å²) in [7, 11) is 0. The van der Waals surface area contributed by atoms with E-state index in [-0.39, 0.29) is 12.5 Å². The maximum atomic E-state index is 13.2. The molecule has 1 aliphatic rings. The van der Waals surface area contributed by atoms with Gasteiger partial charge in [-0.2, -0.15) is 0 Å². The monoisotopic (exact) mass is 405 g/mol. The maximum absolute atomic E-state index is 13.2. The molecule has 162 valence electrons. The topological polar surface area (TPSA) is 73.9 Å². The van der Waals surface area contributed by atoms with Crippen LogP contribution in [0.1, 0.15) is 76.6 Å². The van der Waals surface area contributed by atoms with E-state index in [4.69, 9.17) is 14.2 Å². The predicted octanol–water partition coefficient (Wildman–Crippen LogP) is 4.97. The van der Waals surface area contributed by atoms with Crippen molar-refractivity contribution in [3.05, 3.63) is 23.8 Å². The van der Waals surface area contributed by atoms with Crippen LogP contribution in [-0.2, 0) is 14.3 Å². The van der Waals surface area contributed by atoms with Gasteiger partial charge in [0.2, 0.25) is 0 Å². The van der Waals surface area contributed by atoms with E-state index in [2.05, 4.69) is 12.2 Å². The summed E-state index contributed by atoms with van der Waals surface area (Å²) >= 11 is 0. The minimum atomic E-state index is -0.810. The lowest BCUT2D eigenvalue weighted by Crippen LogP contribution is -2.48. The van der Waals surface area contributed by atoms with Crippen molar-refractivity contribution >= 4 is 17.6 Å². The third kappa shape index (κ3) is 6.20. The van der Waals surface area contributed by atoms with Crippen molar-refractivity contribution in [1.29, 1.82) is 0 Å². The van der Waals surface area contributed by atoms with Gasteiger partial charge in [0.1, 0.15) is 16.9 Å². The zero-order valence-corrected chi connectivity index (χ0v) is 18.2. The van der Waals surface area contributed by atoms with Crippen LogP contribution >= 0.6 is 0 Å². The number of anilines is 1. The van der Waals surface area contributed by atoms with Gasteiger partial charge in [-0.25, -0.2) is 4.79 Å². The van der Waals surface area contributed by atoms with Crippen molar-refractivity contribution in [3.8, 4) is 5.75 Å². The van der Waals surface area contributed by atoms with Crippen LogP contribution in [0.2, 0.25) is 0 Å². The van der Waals surface area contributed by atoms with E-state index in [1.807, 2.05) is 13.8 Å². The average molecular weight is 406 g/mol. The van der Waals surface area contributed by atoms with E-state index >= 15 is 0 Å². The third-order valence-electron chi connectivity index (χ3n) is 5.15. The highest BCUT2D eigenvalue weighted by molar-refractivity contribution is 5.99. The lowest BCUT2D eigenvalue weighted by Gasteiger charge is -2.38. The Morgan fingerprint density at radius 3 is 2.59 bits per heavy atom. The summed E-state index contributed by atoms with van der Waals surface area (Å²) in [6, 6.07) is 5.09. The molecule has 2 rings (SSSR count). The first-order valence-corrected chi connectivity index (χ1v) is 10.8. The molecule has 0 radical (unpaired) electrons. The van der Waals surface area contributed by atoms with Crippen molar-refractivity contribution in [2.24, 2.45) is 5.92 Å². The number of nitrogens with one attached hydrogen (secondary N) is 1. The molecular weight excluding hydrogens is 370 g/mol. The van der Waals surface area contributed by atoms with Gasteiger partial charge in [-0.1, -0.05) is 27.2 Å². The molecule has 0 aromatic heterocycles. The van der Waals surface area contributed by atoms with Gasteiger partial charge < -0.3 is 19.5 Å². The highest BCUT2D eigenvalue weighted by Crippen LogP contribution is 2.36. The lowest BCUT2D eigenvalue weighted by molar-refractivity contribution is -0.148. The van der Waals surface area contributed by atoms with Crippen LogP contribution in [0.5, 0.6) is 5.75 Å². The van der Waals surface area contributed by atoms with Crippen LogP contribution < -0.4 is 10.1 Å². The molecule has 0 spiro atoms. The van der Waals surface area contributed by atoms with Crippen LogP contribution in [0.25, 0.3) is 0 Å². The number of hydrogen-bond acceptors (Lipinski definition) is 5. The van der Waals surface area contributed by atoms with Crippen molar-refractivity contribution < 1.29 is 23.8 Å². The number of benzene rings is 1. The summed E-state index contributed by atoms with van der Waals surface area (Å²) in [5.74, 6) is 0.297. The molecule has 1 saturated carbocycles. The molecule has 0 aliphatic heterocycles. The van der Waals surface area contributed by atoms with Crippen LogP contribution in [0, 0.1) is 5.92 Å². The Hall–Kier alpha value is -2.08. The quantitative estimate of drug-likeness (QED) is 0.557. The number of esters is 1. The van der Waals surface area contributed by atoms with Crippen LogP contribution in [0.3, 0.4) is 0 Å². The number of carbonyl (C=O) groups is 2. The Morgan fingerprint density at radius 1 is 1.17 bits per heavy atom. The van der Waals surface area contributed by atoms with Gasteiger partial charge in [0.05, 0.1) is 13.2 Å². The molecule has 6 nitrogen and oxygen atoms in total. The van der Waals surface area contributed by atoms with Crippen molar-refractivity contribution in [1.82, 2.24) is 0 Å². The molecule has 1 aromatic carbocycles. The summed E-state index contributed by atoms with van der Waals surface area (Å²) in [4.78, 5) is 25.6. The largest absolute Gasteiger partial charge is 0.493 e. The van der Waals surface area contributed by atoms with Gasteiger partial charge in [-0.15, -0.1) is 0 Å². The van der Waals surface area contributed by atoms with Crippen molar-refractivity contribution in [3.63, 3.8) is 0 Å². The minimum absolute atomic E-state index is 0.144. The number of ether oxygens (including phenoxy) is 3. The fourth-order valence-electron chi connectivity index (χ4n) is 3.76. The van der Waals surface area contributed by atoms with Crippen LogP contribution in [0.15, 0.2) is 18.2 Å². The number of amides is 1. The Bertz CT molecular complexity index is 690. The molecule has 6 heteroatoms. The molecular formula is C23H35NO5. The van der Waals surface area contributed by atoms with Gasteiger partial charge in [0.25, 0.3) is 5.91 Å². The molecule has 2 atom stereocenters. The Morgan fingerprint density at radius 2 is 1.93 bits per heavy atom. The van der Waals surface area contributed by atoms with E-state index < -0.39 is 11.6 Å². The molecule has 1 amide bonds. The smallest absolute Gasteiger partial charge is 0.341 e. The molecule has 0 saturated heterocycles. The average Bonchev–Trinajstić information content (AvgIpc) is 2.71. The first-order chi connectivity index (χ1) is 14.0. The lowest BCUT2D eigenvalue weighted by atomic mass is 9.78. The molecule has 1 aliphatic carbocycles. The number of carbonyl (C=O) groups excluding carboxylic acids is 2. The molecule has 29 heavy (non-hydrogen) atoms. The Kier molecular flexibility index (Phi) is 8.96. The first kappa shape index (κ1) is 23.2. The summed E-state index contributed by atoms with van der Waals surface area (Å²) in [5, 5.41) is 2.98. The second-order valence-corrected chi connectivity index (χ2v) is 7.78. The standard InChI is InChI=1S/C23H35NO5/c1-5-13-28-20-11-10-18(15-19(20)21(25)27-7-3)24-22(26)23(29-14-6-2)12-8-9-17(4)16-23/h10-11,15,17H,5-9,12-14,16H2,1-4H3,(H,24,26)/t17-,23-/m0/s1. The summed E-state index contributed by atoms with van der Waals surface area (Å²) in [5.41, 5.74) is 0.0491. The van der Waals surface area contributed by atoms with E-state index in [1.165, 1.54) is 0 Å². The Labute approximate surface area is 174 Å². The fraction of sp³-hybridized carbons (Fsp3) is 0.652. The van der Waals surface area contributed by atoms with E-state index in [9.17, 15) is 9.59 Å². The highest BCUT2D eigenvalue weighted by Gasteiger charge is 2.42. The summed E-state index contributed by atoms with van der Waals surface area (Å²) in [6.45, 7) is 9.29. The third-order valence-corrected chi connectivity index (χ3v) is 5.15. The van der Waals surface area contributed by atoms with Crippen LogP contribution in [0.4, 0.5) is 5.69 Å². The minimum Gasteiger partial charge on any atom is -0.493 e.